The number of allylic oxidation sites excluding steroid dienone is 2. The van der Waals surface area contributed by atoms with Gasteiger partial charge in [0.15, 0.2) is 0 Å². The largest absolute Gasteiger partial charge is 0.507 e. The van der Waals surface area contributed by atoms with Crippen LogP contribution in [-0.2, 0) is 9.59 Å². The number of aromatic hydroxyl groups is 1. The summed E-state index contributed by atoms with van der Waals surface area (Å²) in [4.78, 5) is 39.0. The minimum Gasteiger partial charge on any atom is -0.507 e. The molecule has 1 aliphatic heterocycles. The van der Waals surface area contributed by atoms with Crippen LogP contribution in [0, 0.1) is 33.8 Å². The number of anilines is 1. The summed E-state index contributed by atoms with van der Waals surface area (Å²) in [7, 11) is 0. The van der Waals surface area contributed by atoms with Gasteiger partial charge >= 0.3 is 0 Å². The third-order valence-electron chi connectivity index (χ3n) is 8.28. The van der Waals surface area contributed by atoms with Crippen LogP contribution in [0.1, 0.15) is 58.4 Å². The van der Waals surface area contributed by atoms with Crippen molar-refractivity contribution in [2.24, 2.45) is 23.7 Å². The summed E-state index contributed by atoms with van der Waals surface area (Å²) in [5.74, 6) is -3.15. The maximum atomic E-state index is 13.7. The van der Waals surface area contributed by atoms with Gasteiger partial charge in [0.05, 0.1) is 35.2 Å². The van der Waals surface area contributed by atoms with Crippen LogP contribution >= 0.6 is 0 Å². The third-order valence-corrected chi connectivity index (χ3v) is 8.28. The van der Waals surface area contributed by atoms with Crippen LogP contribution < -0.4 is 4.90 Å². The number of phenols is 1. The van der Waals surface area contributed by atoms with Crippen molar-refractivity contribution in [2.75, 3.05) is 11.5 Å². The maximum absolute atomic E-state index is 13.7. The first-order chi connectivity index (χ1) is 19.6. The van der Waals surface area contributed by atoms with Gasteiger partial charge in [-0.05, 0) is 49.3 Å². The minimum atomic E-state index is -0.940. The lowest BCUT2D eigenvalue weighted by atomic mass is 9.66. The number of imide groups is 1. The number of carbonyl (C=O) groups is 2. The van der Waals surface area contributed by atoms with Crippen molar-refractivity contribution in [3.63, 3.8) is 0 Å². The molecule has 1 heterocycles. The SMILES string of the molecule is CCC/C(=C\c1ccccc1O)CC[C@@H](O)C1=C(C(C)C)C[C@H]2C(=O)N(c3cccc([N+](=O)[O-])c3)C(=O)[C@H]2[C@H]1CO. The van der Waals surface area contributed by atoms with E-state index in [9.17, 15) is 35.0 Å². The quantitative estimate of drug-likeness (QED) is 0.144. The van der Waals surface area contributed by atoms with Gasteiger partial charge in [0.2, 0.25) is 11.8 Å². The maximum Gasteiger partial charge on any atom is 0.271 e. The highest BCUT2D eigenvalue weighted by atomic mass is 16.6. The van der Waals surface area contributed by atoms with Gasteiger partial charge in [-0.25, -0.2) is 4.90 Å². The number of hydrogen-bond donors (Lipinski definition) is 3. The zero-order chi connectivity index (χ0) is 29.8. The summed E-state index contributed by atoms with van der Waals surface area (Å²) in [6.07, 6.45) is 3.87. The van der Waals surface area contributed by atoms with Crippen LogP contribution in [0.4, 0.5) is 11.4 Å². The number of nitrogens with zero attached hydrogens (tertiary/aromatic N) is 2. The van der Waals surface area contributed by atoms with E-state index < -0.39 is 47.2 Å². The molecule has 2 aromatic rings. The molecule has 0 saturated carbocycles. The van der Waals surface area contributed by atoms with E-state index >= 15 is 0 Å². The van der Waals surface area contributed by atoms with Crippen LogP contribution in [0.2, 0.25) is 0 Å². The van der Waals surface area contributed by atoms with Gasteiger partial charge < -0.3 is 15.3 Å². The number of phenolic OH excluding ortho intramolecular Hbond substituents is 1. The standard InChI is InChI=1S/C32H38N2O7/c1-4-8-20(15-21-9-5-6-12-27(21)36)13-14-28(37)29-24(19(2)3)17-25-30(26(29)18-35)32(39)33(31(25)38)22-10-7-11-23(16-22)34(40)41/h5-7,9-12,15-16,19,25-26,28,30,35-37H,4,8,13-14,17-18H2,1-3H3/b20-15+/t25-,26+,28-,30-/m1/s1. The topological polar surface area (TPSA) is 141 Å². The monoisotopic (exact) mass is 562 g/mol. The molecule has 3 N–H and O–H groups in total. The Bertz CT molecular complexity index is 1380. The number of non-ortho nitro benzene ring substituents is 1. The fourth-order valence-corrected chi connectivity index (χ4v) is 6.34. The van der Waals surface area contributed by atoms with E-state index in [0.717, 1.165) is 28.9 Å². The Morgan fingerprint density at radius 1 is 1.12 bits per heavy atom. The number of aliphatic hydroxyl groups excluding tert-OH is 2. The fourth-order valence-electron chi connectivity index (χ4n) is 6.34. The second-order valence-corrected chi connectivity index (χ2v) is 11.2. The minimum absolute atomic E-state index is 0.0312. The van der Waals surface area contributed by atoms with Crippen LogP contribution in [0.5, 0.6) is 5.75 Å². The molecule has 41 heavy (non-hydrogen) atoms. The Hall–Kier alpha value is -3.82. The highest BCUT2D eigenvalue weighted by Crippen LogP contribution is 2.49. The van der Waals surface area contributed by atoms with Gasteiger partial charge in [-0.2, -0.15) is 0 Å². The highest BCUT2D eigenvalue weighted by molar-refractivity contribution is 6.22. The number of amides is 2. The number of nitro groups is 1. The molecule has 1 fully saturated rings. The average molecular weight is 563 g/mol. The number of fused-ring (bicyclic) bond motifs is 1. The van der Waals surface area contributed by atoms with Crippen LogP contribution in [0.3, 0.4) is 0 Å². The summed E-state index contributed by atoms with van der Waals surface area (Å²) in [5, 5.41) is 43.7. The second-order valence-electron chi connectivity index (χ2n) is 11.2. The van der Waals surface area contributed by atoms with Crippen molar-refractivity contribution in [2.45, 2.75) is 59.0 Å². The first kappa shape index (κ1) is 30.1. The van der Waals surface area contributed by atoms with E-state index in [1.54, 1.807) is 12.1 Å². The molecule has 0 radical (unpaired) electrons. The molecule has 218 valence electrons. The number of hydrogen-bond acceptors (Lipinski definition) is 7. The van der Waals surface area contributed by atoms with Crippen molar-refractivity contribution >= 4 is 29.3 Å². The van der Waals surface area contributed by atoms with Gasteiger partial charge in [-0.3, -0.25) is 19.7 Å². The third kappa shape index (κ3) is 6.11. The van der Waals surface area contributed by atoms with Gasteiger partial charge in [-0.15, -0.1) is 0 Å². The molecule has 0 aromatic heterocycles. The van der Waals surface area contributed by atoms with Gasteiger partial charge in [0.1, 0.15) is 5.75 Å². The van der Waals surface area contributed by atoms with Crippen LogP contribution in [0.15, 0.2) is 65.3 Å². The van der Waals surface area contributed by atoms with E-state index in [-0.39, 0.29) is 29.5 Å². The Balaban J connectivity index is 1.64. The second kappa shape index (κ2) is 12.8. The van der Waals surface area contributed by atoms with Crippen LogP contribution in [0.25, 0.3) is 6.08 Å². The summed E-state index contributed by atoms with van der Waals surface area (Å²) in [6.45, 7) is 5.59. The molecule has 1 aliphatic carbocycles. The molecule has 1 saturated heterocycles. The number of benzene rings is 2. The van der Waals surface area contributed by atoms with E-state index in [1.165, 1.54) is 24.3 Å². The zero-order valence-electron chi connectivity index (χ0n) is 23.7. The molecule has 0 spiro atoms. The predicted octanol–water partition coefficient (Wildman–Crippen LogP) is 5.40. The average Bonchev–Trinajstić information content (AvgIpc) is 3.20. The van der Waals surface area contributed by atoms with E-state index in [2.05, 4.69) is 6.92 Å². The molecular weight excluding hydrogens is 524 g/mol. The summed E-state index contributed by atoms with van der Waals surface area (Å²) < 4.78 is 0. The van der Waals surface area contributed by atoms with Crippen molar-refractivity contribution in [3.8, 4) is 5.75 Å². The molecular formula is C32H38N2O7. The summed E-state index contributed by atoms with van der Waals surface area (Å²) in [6, 6.07) is 12.5. The molecule has 2 amide bonds. The summed E-state index contributed by atoms with van der Waals surface area (Å²) >= 11 is 0. The lowest BCUT2D eigenvalue weighted by Crippen LogP contribution is -2.39. The smallest absolute Gasteiger partial charge is 0.271 e. The first-order valence-electron chi connectivity index (χ1n) is 14.2. The Kier molecular flexibility index (Phi) is 9.40. The Morgan fingerprint density at radius 3 is 2.49 bits per heavy atom. The molecule has 2 aliphatic rings. The van der Waals surface area contributed by atoms with Crippen molar-refractivity contribution < 1.29 is 29.8 Å². The molecule has 0 unspecified atom stereocenters. The first-order valence-corrected chi connectivity index (χ1v) is 14.2. The van der Waals surface area contributed by atoms with Gasteiger partial charge in [0.25, 0.3) is 5.69 Å². The predicted molar refractivity (Wildman–Crippen MR) is 156 cm³/mol. The molecule has 4 atom stereocenters. The Labute approximate surface area is 240 Å². The van der Waals surface area contributed by atoms with Crippen molar-refractivity contribution in [3.05, 3.63) is 80.9 Å². The van der Waals surface area contributed by atoms with E-state index in [4.69, 9.17) is 0 Å². The van der Waals surface area contributed by atoms with E-state index in [1.807, 2.05) is 32.1 Å². The van der Waals surface area contributed by atoms with Gasteiger partial charge in [-0.1, -0.05) is 68.7 Å². The van der Waals surface area contributed by atoms with E-state index in [0.29, 0.717) is 24.0 Å². The lowest BCUT2D eigenvalue weighted by molar-refractivity contribution is -0.384. The summed E-state index contributed by atoms with van der Waals surface area (Å²) in [5.41, 5.74) is 3.15. The van der Waals surface area contributed by atoms with Crippen LogP contribution in [-0.4, -0.2) is 44.8 Å². The molecule has 4 rings (SSSR count). The molecule has 9 heteroatoms. The number of carbonyl (C=O) groups excluding carboxylic acids is 2. The number of rotatable bonds is 11. The number of nitro benzene ring substituents is 1. The van der Waals surface area contributed by atoms with Crippen molar-refractivity contribution in [1.29, 1.82) is 0 Å². The number of para-hydroxylation sites is 1. The van der Waals surface area contributed by atoms with Gasteiger partial charge in [0, 0.05) is 23.6 Å². The Morgan fingerprint density at radius 2 is 1.85 bits per heavy atom. The molecule has 0 bridgehead atoms. The normalized spacial score (nSPS) is 22.0. The highest BCUT2D eigenvalue weighted by Gasteiger charge is 2.55. The number of aliphatic hydroxyl groups is 2. The lowest BCUT2D eigenvalue weighted by Gasteiger charge is -2.38. The fraction of sp³-hybridized carbons (Fsp3) is 0.438. The molecule has 9 nitrogen and oxygen atoms in total. The zero-order valence-corrected chi connectivity index (χ0v) is 23.7. The molecule has 2 aromatic carbocycles. The van der Waals surface area contributed by atoms with Crippen molar-refractivity contribution in [1.82, 2.24) is 0 Å².